The van der Waals surface area contributed by atoms with Gasteiger partial charge in [0.1, 0.15) is 11.9 Å². The van der Waals surface area contributed by atoms with Gasteiger partial charge in [0.05, 0.1) is 17.6 Å². The van der Waals surface area contributed by atoms with E-state index >= 15 is 0 Å². The molecule has 0 bridgehead atoms. The minimum absolute atomic E-state index is 0.119. The lowest BCUT2D eigenvalue weighted by atomic mass is 10.1. The van der Waals surface area contributed by atoms with Crippen LogP contribution in [0.25, 0.3) is 0 Å². The maximum atomic E-state index is 13.4. The van der Waals surface area contributed by atoms with E-state index in [1.54, 1.807) is 41.3 Å². The van der Waals surface area contributed by atoms with E-state index in [0.717, 1.165) is 5.56 Å². The van der Waals surface area contributed by atoms with E-state index in [1.807, 2.05) is 0 Å². The van der Waals surface area contributed by atoms with Crippen molar-refractivity contribution in [3.63, 3.8) is 0 Å². The molecule has 2 amide bonds. The van der Waals surface area contributed by atoms with Crippen molar-refractivity contribution in [3.05, 3.63) is 76.5 Å². The number of halogens is 2. The Balaban J connectivity index is 1.70. The van der Waals surface area contributed by atoms with Gasteiger partial charge in [-0.05, 0) is 64.0 Å². The quantitative estimate of drug-likeness (QED) is 0.744. The number of ether oxygens (including phenoxy) is 1. The molecular weight excluding hydrogens is 415 g/mol. The average molecular weight is 433 g/mol. The highest BCUT2D eigenvalue weighted by atomic mass is 79.9. The van der Waals surface area contributed by atoms with Gasteiger partial charge in [0.2, 0.25) is 5.91 Å². The van der Waals surface area contributed by atoms with Crippen LogP contribution < -0.4 is 5.32 Å². The molecule has 1 atom stereocenters. The van der Waals surface area contributed by atoms with Gasteiger partial charge in [-0.25, -0.2) is 4.39 Å². The van der Waals surface area contributed by atoms with Crippen molar-refractivity contribution in [2.45, 2.75) is 6.10 Å². The van der Waals surface area contributed by atoms with Gasteiger partial charge in [-0.15, -0.1) is 0 Å². The van der Waals surface area contributed by atoms with Crippen LogP contribution in [0.2, 0.25) is 0 Å². The van der Waals surface area contributed by atoms with Gasteiger partial charge in [0.15, 0.2) is 0 Å². The minimum Gasteiger partial charge on any atom is -0.370 e. The number of hydrogen-bond acceptors (Lipinski definition) is 3. The number of carbonyl (C=O) groups is 2. The molecule has 7 heteroatoms. The number of anilines is 1. The fraction of sp³-hybridized carbons (Fsp3) is 0.200. The molecule has 2 aromatic rings. The molecule has 1 aliphatic heterocycles. The van der Waals surface area contributed by atoms with E-state index in [1.165, 1.54) is 12.1 Å². The Morgan fingerprint density at radius 2 is 2.00 bits per heavy atom. The summed E-state index contributed by atoms with van der Waals surface area (Å²) in [6.07, 6.45) is 0.867. The number of rotatable bonds is 4. The number of morpholine rings is 1. The second kappa shape index (κ2) is 8.45. The predicted molar refractivity (Wildman–Crippen MR) is 104 cm³/mol. The maximum Gasteiger partial charge on any atom is 0.254 e. The summed E-state index contributed by atoms with van der Waals surface area (Å²) < 4.78 is 19.6. The topological polar surface area (TPSA) is 58.6 Å². The highest BCUT2D eigenvalue weighted by Gasteiger charge is 2.26. The summed E-state index contributed by atoms with van der Waals surface area (Å²) >= 11 is 3.18. The number of carbonyl (C=O) groups excluding carboxylic acids is 2. The van der Waals surface area contributed by atoms with Crippen LogP contribution in [0.4, 0.5) is 10.1 Å². The Hall–Kier alpha value is -2.51. The molecule has 27 heavy (non-hydrogen) atoms. The Bertz CT molecular complexity index is 870. The summed E-state index contributed by atoms with van der Waals surface area (Å²) in [4.78, 5) is 25.8. The molecule has 2 aromatic carbocycles. The van der Waals surface area contributed by atoms with E-state index in [2.05, 4.69) is 27.8 Å². The first-order valence-electron chi connectivity index (χ1n) is 8.37. The van der Waals surface area contributed by atoms with E-state index in [-0.39, 0.29) is 23.7 Å². The Morgan fingerprint density at radius 1 is 1.26 bits per heavy atom. The molecule has 0 radical (unpaired) electrons. The van der Waals surface area contributed by atoms with Crippen LogP contribution in [0.5, 0.6) is 0 Å². The lowest BCUT2D eigenvalue weighted by Gasteiger charge is -2.33. The van der Waals surface area contributed by atoms with Gasteiger partial charge >= 0.3 is 0 Å². The van der Waals surface area contributed by atoms with Crippen LogP contribution in [0.1, 0.15) is 22.0 Å². The summed E-state index contributed by atoms with van der Waals surface area (Å²) in [5.41, 5.74) is 1.92. The van der Waals surface area contributed by atoms with Crippen molar-refractivity contribution in [1.29, 1.82) is 0 Å². The zero-order valence-corrected chi connectivity index (χ0v) is 16.0. The fourth-order valence-electron chi connectivity index (χ4n) is 2.82. The van der Waals surface area contributed by atoms with Gasteiger partial charge in [-0.3, -0.25) is 9.59 Å². The van der Waals surface area contributed by atoms with Gasteiger partial charge in [0, 0.05) is 17.8 Å². The highest BCUT2D eigenvalue weighted by Crippen LogP contribution is 2.27. The normalized spacial score (nSPS) is 16.7. The van der Waals surface area contributed by atoms with E-state index in [0.29, 0.717) is 35.4 Å². The third-order valence-corrected chi connectivity index (χ3v) is 4.86. The first kappa shape index (κ1) is 19.3. The van der Waals surface area contributed by atoms with Crippen molar-refractivity contribution >= 4 is 33.4 Å². The monoisotopic (exact) mass is 432 g/mol. The van der Waals surface area contributed by atoms with Gasteiger partial charge in [-0.1, -0.05) is 12.6 Å². The molecule has 5 nitrogen and oxygen atoms in total. The van der Waals surface area contributed by atoms with Crippen LogP contribution in [0, 0.1) is 5.82 Å². The number of hydrogen-bond donors (Lipinski definition) is 1. The molecule has 140 valence electrons. The Kier molecular flexibility index (Phi) is 6.03. The third-order valence-electron chi connectivity index (χ3n) is 4.25. The molecule has 0 spiro atoms. The molecule has 0 aromatic heterocycles. The fourth-order valence-corrected chi connectivity index (χ4v) is 3.22. The minimum atomic E-state index is -0.342. The summed E-state index contributed by atoms with van der Waals surface area (Å²) in [5.74, 6) is -0.771. The highest BCUT2D eigenvalue weighted by molar-refractivity contribution is 9.10. The standard InChI is InChI=1S/C20H18BrFN2O3/c1-2-19(25)23-15-6-3-13(4-7-15)20(26)24-9-10-27-18(12-24)14-5-8-17(22)16(21)11-14/h2-8,11,18H,1,9-10,12H2,(H,23,25). The number of nitrogens with one attached hydrogen (secondary N) is 1. The summed E-state index contributed by atoms with van der Waals surface area (Å²) in [6, 6.07) is 11.4. The van der Waals surface area contributed by atoms with Crippen LogP contribution in [-0.2, 0) is 9.53 Å². The van der Waals surface area contributed by atoms with Crippen molar-refractivity contribution in [2.24, 2.45) is 0 Å². The Labute approximate surface area is 164 Å². The van der Waals surface area contributed by atoms with Crippen molar-refractivity contribution in [3.8, 4) is 0 Å². The van der Waals surface area contributed by atoms with Gasteiger partial charge in [-0.2, -0.15) is 0 Å². The summed E-state index contributed by atoms with van der Waals surface area (Å²) in [5, 5.41) is 2.64. The number of benzene rings is 2. The molecule has 1 saturated heterocycles. The SMILES string of the molecule is C=CC(=O)Nc1ccc(C(=O)N2CCOC(c3ccc(F)c(Br)c3)C2)cc1. The van der Waals surface area contributed by atoms with Crippen LogP contribution in [0.3, 0.4) is 0 Å². The summed E-state index contributed by atoms with van der Waals surface area (Å²) in [7, 11) is 0. The summed E-state index contributed by atoms with van der Waals surface area (Å²) in [6.45, 7) is 4.66. The molecule has 1 unspecified atom stereocenters. The average Bonchev–Trinajstić information content (AvgIpc) is 2.70. The van der Waals surface area contributed by atoms with Crippen LogP contribution in [-0.4, -0.2) is 36.4 Å². The van der Waals surface area contributed by atoms with Crippen LogP contribution in [0.15, 0.2) is 59.6 Å². The van der Waals surface area contributed by atoms with E-state index in [9.17, 15) is 14.0 Å². The second-order valence-corrected chi connectivity index (χ2v) is 6.91. The van der Waals surface area contributed by atoms with E-state index in [4.69, 9.17) is 4.74 Å². The molecule has 0 saturated carbocycles. The second-order valence-electron chi connectivity index (χ2n) is 6.05. The van der Waals surface area contributed by atoms with Crippen molar-refractivity contribution in [1.82, 2.24) is 4.90 Å². The molecule has 1 aliphatic rings. The zero-order chi connectivity index (χ0) is 19.4. The molecule has 1 N–H and O–H groups in total. The lowest BCUT2D eigenvalue weighted by molar-refractivity contribution is -0.111. The zero-order valence-electron chi connectivity index (χ0n) is 14.5. The first-order valence-corrected chi connectivity index (χ1v) is 9.16. The van der Waals surface area contributed by atoms with Gasteiger partial charge in [0.25, 0.3) is 5.91 Å². The smallest absolute Gasteiger partial charge is 0.254 e. The molecule has 1 heterocycles. The van der Waals surface area contributed by atoms with Crippen molar-refractivity contribution in [2.75, 3.05) is 25.0 Å². The first-order chi connectivity index (χ1) is 13.0. The van der Waals surface area contributed by atoms with Crippen LogP contribution >= 0.6 is 15.9 Å². The third kappa shape index (κ3) is 4.61. The molecule has 1 fully saturated rings. The number of nitrogens with zero attached hydrogens (tertiary/aromatic N) is 1. The Morgan fingerprint density at radius 3 is 2.67 bits per heavy atom. The van der Waals surface area contributed by atoms with Gasteiger partial charge < -0.3 is 15.0 Å². The van der Waals surface area contributed by atoms with Crippen molar-refractivity contribution < 1.29 is 18.7 Å². The number of amides is 2. The largest absolute Gasteiger partial charge is 0.370 e. The predicted octanol–water partition coefficient (Wildman–Crippen LogP) is 3.93. The molecule has 0 aliphatic carbocycles. The van der Waals surface area contributed by atoms with E-state index < -0.39 is 0 Å². The molecular formula is C20H18BrFN2O3. The lowest BCUT2D eigenvalue weighted by Crippen LogP contribution is -2.42. The maximum absolute atomic E-state index is 13.4. The molecule has 3 rings (SSSR count).